The van der Waals surface area contributed by atoms with E-state index in [0.29, 0.717) is 18.8 Å². The molecule has 8 heteroatoms. The number of imidazole rings is 1. The van der Waals surface area contributed by atoms with E-state index >= 15 is 0 Å². The van der Waals surface area contributed by atoms with Gasteiger partial charge in [0.1, 0.15) is 6.54 Å². The van der Waals surface area contributed by atoms with E-state index in [9.17, 15) is 14.4 Å². The maximum atomic E-state index is 12.4. The van der Waals surface area contributed by atoms with Gasteiger partial charge in [0.25, 0.3) is 0 Å². The molecule has 1 aliphatic rings. The van der Waals surface area contributed by atoms with E-state index in [4.69, 9.17) is 0 Å². The number of anilines is 2. The van der Waals surface area contributed by atoms with Gasteiger partial charge in [0, 0.05) is 31.5 Å². The van der Waals surface area contributed by atoms with Gasteiger partial charge >= 0.3 is 11.7 Å². The highest BCUT2D eigenvalue weighted by Crippen LogP contribution is 2.19. The minimum Gasteiger partial charge on any atom is -0.336 e. The van der Waals surface area contributed by atoms with Gasteiger partial charge in [-0.15, -0.1) is 0 Å². The maximum absolute atomic E-state index is 12.4. The molecule has 0 radical (unpaired) electrons. The summed E-state index contributed by atoms with van der Waals surface area (Å²) in [6.45, 7) is 1.17. The molecule has 2 aromatic carbocycles. The third-order valence-corrected chi connectivity index (χ3v) is 4.67. The monoisotopic (exact) mass is 365 g/mol. The van der Waals surface area contributed by atoms with E-state index in [1.165, 1.54) is 9.13 Å². The van der Waals surface area contributed by atoms with Crippen LogP contribution in [-0.2, 0) is 18.4 Å². The predicted octanol–water partition coefficient (Wildman–Crippen LogP) is 1.51. The molecule has 2 heterocycles. The Balaban J connectivity index is 1.50. The standard InChI is InChI=1S/C19H19N5O3/c1-22-15-4-2-3-5-16(15)24(19(22)27)12-17(25)21-13-6-8-14(9-7-13)23-11-10-20-18(23)26/h2-9H,10-12H2,1H3,(H,20,26)(H,21,25). The molecule has 3 aromatic rings. The lowest BCUT2D eigenvalue weighted by atomic mass is 10.2. The third-order valence-electron chi connectivity index (χ3n) is 4.67. The van der Waals surface area contributed by atoms with Crippen LogP contribution in [-0.4, -0.2) is 34.2 Å². The third kappa shape index (κ3) is 3.05. The lowest BCUT2D eigenvalue weighted by molar-refractivity contribution is -0.116. The van der Waals surface area contributed by atoms with E-state index in [1.807, 2.05) is 24.3 Å². The SMILES string of the molecule is Cn1c(=O)n(CC(=O)Nc2ccc(N3CCNC3=O)cc2)c2ccccc21. The van der Waals surface area contributed by atoms with Crippen molar-refractivity contribution in [3.8, 4) is 0 Å². The van der Waals surface area contributed by atoms with Crippen LogP contribution in [0.4, 0.5) is 16.2 Å². The number of hydrogen-bond acceptors (Lipinski definition) is 3. The summed E-state index contributed by atoms with van der Waals surface area (Å²) in [5, 5.41) is 5.54. The molecular formula is C19H19N5O3. The fourth-order valence-electron chi connectivity index (χ4n) is 3.30. The summed E-state index contributed by atoms with van der Waals surface area (Å²) in [5.41, 5.74) is 2.64. The molecule has 4 rings (SSSR count). The zero-order valence-corrected chi connectivity index (χ0v) is 14.8. The molecule has 3 amide bonds. The van der Waals surface area contributed by atoms with Gasteiger partial charge < -0.3 is 10.6 Å². The van der Waals surface area contributed by atoms with Gasteiger partial charge in [0.15, 0.2) is 0 Å². The second-order valence-electron chi connectivity index (χ2n) is 6.40. The average Bonchev–Trinajstić information content (AvgIpc) is 3.20. The van der Waals surface area contributed by atoms with Crippen LogP contribution in [0.1, 0.15) is 0 Å². The number of hydrogen-bond donors (Lipinski definition) is 2. The molecule has 0 saturated carbocycles. The summed E-state index contributed by atoms with van der Waals surface area (Å²) < 4.78 is 2.98. The lowest BCUT2D eigenvalue weighted by Crippen LogP contribution is -2.28. The molecular weight excluding hydrogens is 346 g/mol. The van der Waals surface area contributed by atoms with Crippen molar-refractivity contribution in [3.05, 3.63) is 59.0 Å². The minimum atomic E-state index is -0.292. The van der Waals surface area contributed by atoms with E-state index in [1.54, 1.807) is 36.2 Å². The Morgan fingerprint density at radius 2 is 1.78 bits per heavy atom. The molecule has 8 nitrogen and oxygen atoms in total. The molecule has 0 unspecified atom stereocenters. The first-order valence-corrected chi connectivity index (χ1v) is 8.64. The topological polar surface area (TPSA) is 88.4 Å². The van der Waals surface area contributed by atoms with Crippen molar-refractivity contribution in [1.82, 2.24) is 14.5 Å². The molecule has 138 valence electrons. The van der Waals surface area contributed by atoms with Crippen molar-refractivity contribution in [2.75, 3.05) is 23.3 Å². The summed E-state index contributed by atoms with van der Waals surface area (Å²) in [6, 6.07) is 14.3. The van der Waals surface area contributed by atoms with Crippen LogP contribution in [0.15, 0.2) is 53.3 Å². The largest absolute Gasteiger partial charge is 0.336 e. The van der Waals surface area contributed by atoms with Gasteiger partial charge in [-0.05, 0) is 36.4 Å². The Morgan fingerprint density at radius 1 is 1.07 bits per heavy atom. The van der Waals surface area contributed by atoms with Gasteiger partial charge in [-0.25, -0.2) is 9.59 Å². The van der Waals surface area contributed by atoms with Gasteiger partial charge in [-0.1, -0.05) is 12.1 Å². The van der Waals surface area contributed by atoms with Crippen molar-refractivity contribution in [3.63, 3.8) is 0 Å². The molecule has 1 aliphatic heterocycles. The normalized spacial score (nSPS) is 13.8. The molecule has 0 bridgehead atoms. The van der Waals surface area contributed by atoms with Gasteiger partial charge in [-0.2, -0.15) is 0 Å². The number of carbonyl (C=O) groups is 2. The van der Waals surface area contributed by atoms with Gasteiger partial charge in [-0.3, -0.25) is 18.8 Å². The van der Waals surface area contributed by atoms with Crippen molar-refractivity contribution in [2.45, 2.75) is 6.54 Å². The quantitative estimate of drug-likeness (QED) is 0.735. The molecule has 1 fully saturated rings. The molecule has 1 saturated heterocycles. The number of aryl methyl sites for hydroxylation is 1. The van der Waals surface area contributed by atoms with E-state index in [2.05, 4.69) is 10.6 Å². The van der Waals surface area contributed by atoms with Crippen molar-refractivity contribution in [2.24, 2.45) is 7.05 Å². The number of amides is 3. The molecule has 27 heavy (non-hydrogen) atoms. The predicted molar refractivity (Wildman–Crippen MR) is 103 cm³/mol. The Morgan fingerprint density at radius 3 is 2.44 bits per heavy atom. The average molecular weight is 365 g/mol. The molecule has 0 atom stereocenters. The Kier molecular flexibility index (Phi) is 4.15. The highest BCUT2D eigenvalue weighted by Gasteiger charge is 2.21. The summed E-state index contributed by atoms with van der Waals surface area (Å²) in [6.07, 6.45) is 0. The Labute approximate surface area is 155 Å². The molecule has 0 aliphatic carbocycles. The summed E-state index contributed by atoms with van der Waals surface area (Å²) in [5.74, 6) is -0.292. The van der Waals surface area contributed by atoms with Crippen LogP contribution < -0.4 is 21.2 Å². The summed E-state index contributed by atoms with van der Waals surface area (Å²) >= 11 is 0. The first-order valence-electron chi connectivity index (χ1n) is 8.64. The first-order chi connectivity index (χ1) is 13.0. The number of carbonyl (C=O) groups excluding carboxylic acids is 2. The lowest BCUT2D eigenvalue weighted by Gasteiger charge is -2.14. The van der Waals surface area contributed by atoms with Crippen LogP contribution >= 0.6 is 0 Å². The molecule has 1 aromatic heterocycles. The second kappa shape index (κ2) is 6.64. The highest BCUT2D eigenvalue weighted by atomic mass is 16.2. The number of para-hydroxylation sites is 2. The zero-order chi connectivity index (χ0) is 19.0. The van der Waals surface area contributed by atoms with Gasteiger partial charge in [0.2, 0.25) is 5.91 Å². The number of rotatable bonds is 4. The van der Waals surface area contributed by atoms with Crippen LogP contribution in [0.3, 0.4) is 0 Å². The first kappa shape index (κ1) is 16.9. The fourth-order valence-corrected chi connectivity index (χ4v) is 3.30. The minimum absolute atomic E-state index is 0.0729. The number of urea groups is 1. The van der Waals surface area contributed by atoms with Crippen molar-refractivity contribution in [1.29, 1.82) is 0 Å². The molecule has 0 spiro atoms. The highest BCUT2D eigenvalue weighted by molar-refractivity contribution is 5.95. The van der Waals surface area contributed by atoms with Crippen molar-refractivity contribution < 1.29 is 9.59 Å². The Bertz CT molecular complexity index is 1080. The number of nitrogens with zero attached hydrogens (tertiary/aromatic N) is 3. The van der Waals surface area contributed by atoms with E-state index in [0.717, 1.165) is 16.7 Å². The summed E-state index contributed by atoms with van der Waals surface area (Å²) in [4.78, 5) is 38.2. The zero-order valence-electron chi connectivity index (χ0n) is 14.8. The number of benzene rings is 2. The molecule has 2 N–H and O–H groups in total. The summed E-state index contributed by atoms with van der Waals surface area (Å²) in [7, 11) is 1.69. The van der Waals surface area contributed by atoms with Gasteiger partial charge in [0.05, 0.1) is 11.0 Å². The number of aromatic nitrogens is 2. The number of nitrogens with one attached hydrogen (secondary N) is 2. The fraction of sp³-hybridized carbons (Fsp3) is 0.211. The van der Waals surface area contributed by atoms with E-state index in [-0.39, 0.29) is 24.2 Å². The van der Waals surface area contributed by atoms with Crippen LogP contribution in [0.5, 0.6) is 0 Å². The van der Waals surface area contributed by atoms with Crippen LogP contribution in [0.25, 0.3) is 11.0 Å². The van der Waals surface area contributed by atoms with Crippen LogP contribution in [0.2, 0.25) is 0 Å². The number of fused-ring (bicyclic) bond motifs is 1. The smallest absolute Gasteiger partial charge is 0.329 e. The van der Waals surface area contributed by atoms with E-state index < -0.39 is 0 Å². The second-order valence-corrected chi connectivity index (χ2v) is 6.40. The maximum Gasteiger partial charge on any atom is 0.329 e. The Hall–Kier alpha value is -3.55. The van der Waals surface area contributed by atoms with Crippen molar-refractivity contribution >= 4 is 34.3 Å². The van der Waals surface area contributed by atoms with Crippen LogP contribution in [0, 0.1) is 0 Å².